The van der Waals surface area contributed by atoms with Crippen LogP contribution >= 0.6 is 0 Å². The van der Waals surface area contributed by atoms with Crippen molar-refractivity contribution in [3.05, 3.63) is 46.2 Å². The first-order valence-corrected chi connectivity index (χ1v) is 9.94. The maximum Gasteiger partial charge on any atom is 0.189 e. The standard InChI is InChI=1S/C21H29N3O2/c25-12-9-18-15-23(10-11-24(18)17-5-1-2-6-17)14-16-13-21(26)19-7-3-4-8-20(19)22-16/h3-4,7-8,13,17-18,25H,1-2,5-6,9-12,14-15H2,(H,22,26). The Morgan fingerprint density at radius 1 is 1.15 bits per heavy atom. The van der Waals surface area contributed by atoms with Gasteiger partial charge in [0.15, 0.2) is 5.43 Å². The van der Waals surface area contributed by atoms with Crippen molar-refractivity contribution in [1.29, 1.82) is 0 Å². The molecule has 2 aromatic rings. The predicted molar refractivity (Wildman–Crippen MR) is 104 cm³/mol. The number of pyridine rings is 1. The number of nitrogens with one attached hydrogen (secondary N) is 1. The molecular weight excluding hydrogens is 326 g/mol. The Labute approximate surface area is 154 Å². The molecule has 140 valence electrons. The lowest BCUT2D eigenvalue weighted by Crippen LogP contribution is -2.56. The molecule has 1 aromatic carbocycles. The van der Waals surface area contributed by atoms with Gasteiger partial charge in [-0.1, -0.05) is 25.0 Å². The van der Waals surface area contributed by atoms with Crippen LogP contribution in [0.25, 0.3) is 10.9 Å². The van der Waals surface area contributed by atoms with Gasteiger partial charge in [-0.15, -0.1) is 0 Å². The monoisotopic (exact) mass is 355 g/mol. The lowest BCUT2D eigenvalue weighted by molar-refractivity contribution is 0.0263. The van der Waals surface area contributed by atoms with E-state index < -0.39 is 0 Å². The van der Waals surface area contributed by atoms with E-state index in [4.69, 9.17) is 0 Å². The van der Waals surface area contributed by atoms with Gasteiger partial charge in [0, 0.05) is 67.5 Å². The summed E-state index contributed by atoms with van der Waals surface area (Å²) in [4.78, 5) is 20.8. The first-order valence-electron chi connectivity index (χ1n) is 9.94. The third-order valence-corrected chi connectivity index (χ3v) is 6.06. The molecule has 0 radical (unpaired) electrons. The normalized spacial score (nSPS) is 23.0. The average molecular weight is 355 g/mol. The number of nitrogens with zero attached hydrogens (tertiary/aromatic N) is 2. The zero-order valence-electron chi connectivity index (χ0n) is 15.4. The predicted octanol–water partition coefficient (Wildman–Crippen LogP) is 2.34. The Kier molecular flexibility index (Phi) is 5.38. The molecule has 2 aliphatic rings. The summed E-state index contributed by atoms with van der Waals surface area (Å²) in [6.45, 7) is 4.06. The second kappa shape index (κ2) is 7.91. The molecule has 1 aromatic heterocycles. The van der Waals surface area contributed by atoms with Crippen LogP contribution in [0.1, 0.15) is 37.8 Å². The van der Waals surface area contributed by atoms with Crippen LogP contribution in [0.4, 0.5) is 0 Å². The van der Waals surface area contributed by atoms with Gasteiger partial charge in [-0.3, -0.25) is 14.6 Å². The van der Waals surface area contributed by atoms with Gasteiger partial charge in [-0.25, -0.2) is 0 Å². The first-order chi connectivity index (χ1) is 12.7. The van der Waals surface area contributed by atoms with E-state index in [1.54, 1.807) is 6.07 Å². The molecule has 0 bridgehead atoms. The number of rotatable bonds is 5. The highest BCUT2D eigenvalue weighted by atomic mass is 16.3. The fourth-order valence-electron chi connectivity index (χ4n) is 4.78. The molecule has 2 heterocycles. The Bertz CT molecular complexity index is 797. The van der Waals surface area contributed by atoms with E-state index in [-0.39, 0.29) is 12.0 Å². The fourth-order valence-corrected chi connectivity index (χ4v) is 4.78. The SMILES string of the molecule is O=c1cc(CN2CCN(C3CCCC3)C(CCO)C2)[nH]c2ccccc12. The van der Waals surface area contributed by atoms with E-state index in [1.807, 2.05) is 24.3 Å². The summed E-state index contributed by atoms with van der Waals surface area (Å²) in [5, 5.41) is 10.3. The van der Waals surface area contributed by atoms with Gasteiger partial charge in [0.2, 0.25) is 0 Å². The van der Waals surface area contributed by atoms with Crippen molar-refractivity contribution in [3.63, 3.8) is 0 Å². The zero-order chi connectivity index (χ0) is 17.9. The minimum absolute atomic E-state index is 0.0887. The highest BCUT2D eigenvalue weighted by molar-refractivity contribution is 5.78. The van der Waals surface area contributed by atoms with E-state index in [9.17, 15) is 9.90 Å². The van der Waals surface area contributed by atoms with Crippen molar-refractivity contribution < 1.29 is 5.11 Å². The molecule has 1 atom stereocenters. The van der Waals surface area contributed by atoms with Crippen molar-refractivity contribution in [1.82, 2.24) is 14.8 Å². The third-order valence-electron chi connectivity index (χ3n) is 6.06. The fraction of sp³-hybridized carbons (Fsp3) is 0.571. The number of aromatic nitrogens is 1. The van der Waals surface area contributed by atoms with Crippen molar-refractivity contribution in [2.45, 2.75) is 50.7 Å². The topological polar surface area (TPSA) is 59.6 Å². The second-order valence-corrected chi connectivity index (χ2v) is 7.78. The largest absolute Gasteiger partial charge is 0.396 e. The average Bonchev–Trinajstić information content (AvgIpc) is 3.17. The van der Waals surface area contributed by atoms with Gasteiger partial charge < -0.3 is 10.1 Å². The molecule has 0 spiro atoms. The van der Waals surface area contributed by atoms with Crippen LogP contribution < -0.4 is 5.43 Å². The quantitative estimate of drug-likeness (QED) is 0.864. The molecular formula is C21H29N3O2. The molecule has 1 aliphatic carbocycles. The molecule has 1 aliphatic heterocycles. The number of aliphatic hydroxyl groups excluding tert-OH is 1. The van der Waals surface area contributed by atoms with Gasteiger partial charge in [0.25, 0.3) is 0 Å². The number of hydrogen-bond acceptors (Lipinski definition) is 4. The molecule has 5 heteroatoms. The number of aliphatic hydroxyl groups is 1. The number of hydrogen-bond donors (Lipinski definition) is 2. The summed E-state index contributed by atoms with van der Waals surface area (Å²) in [6, 6.07) is 10.6. The highest BCUT2D eigenvalue weighted by Gasteiger charge is 2.33. The smallest absolute Gasteiger partial charge is 0.189 e. The van der Waals surface area contributed by atoms with Crippen molar-refractivity contribution in [3.8, 4) is 0 Å². The van der Waals surface area contributed by atoms with Gasteiger partial charge in [0.05, 0.1) is 0 Å². The van der Waals surface area contributed by atoms with Crippen LogP contribution in [0.3, 0.4) is 0 Å². The zero-order valence-corrected chi connectivity index (χ0v) is 15.4. The number of H-pyrrole nitrogens is 1. The Morgan fingerprint density at radius 2 is 1.96 bits per heavy atom. The Morgan fingerprint density at radius 3 is 2.77 bits per heavy atom. The Balaban J connectivity index is 1.48. The van der Waals surface area contributed by atoms with E-state index in [0.29, 0.717) is 12.1 Å². The summed E-state index contributed by atoms with van der Waals surface area (Å²) in [5.41, 5.74) is 1.98. The highest BCUT2D eigenvalue weighted by Crippen LogP contribution is 2.28. The summed E-state index contributed by atoms with van der Waals surface area (Å²) in [6.07, 6.45) is 6.13. The van der Waals surface area contributed by atoms with E-state index >= 15 is 0 Å². The lowest BCUT2D eigenvalue weighted by atomic mass is 10.0. The Hall–Kier alpha value is -1.69. The van der Waals surface area contributed by atoms with Crippen molar-refractivity contribution in [2.24, 2.45) is 0 Å². The minimum atomic E-state index is 0.0887. The lowest BCUT2D eigenvalue weighted by Gasteiger charge is -2.44. The first kappa shape index (κ1) is 17.7. The van der Waals surface area contributed by atoms with E-state index in [1.165, 1.54) is 25.7 Å². The molecule has 2 N–H and O–H groups in total. The second-order valence-electron chi connectivity index (χ2n) is 7.78. The molecule has 0 amide bonds. The molecule has 1 unspecified atom stereocenters. The van der Waals surface area contributed by atoms with Gasteiger partial charge in [0.1, 0.15) is 0 Å². The van der Waals surface area contributed by atoms with Crippen LogP contribution in [0, 0.1) is 0 Å². The molecule has 4 rings (SSSR count). The van der Waals surface area contributed by atoms with Crippen molar-refractivity contribution in [2.75, 3.05) is 26.2 Å². The maximum absolute atomic E-state index is 12.4. The maximum atomic E-state index is 12.4. The molecule has 1 saturated carbocycles. The van der Waals surface area contributed by atoms with Gasteiger partial charge >= 0.3 is 0 Å². The number of para-hydroxylation sites is 1. The van der Waals surface area contributed by atoms with Crippen LogP contribution in [-0.2, 0) is 6.54 Å². The number of aromatic amines is 1. The molecule has 1 saturated heterocycles. The summed E-state index contributed by atoms with van der Waals surface area (Å²) in [5.74, 6) is 0. The summed E-state index contributed by atoms with van der Waals surface area (Å²) < 4.78 is 0. The molecule has 5 nitrogen and oxygen atoms in total. The number of benzene rings is 1. The van der Waals surface area contributed by atoms with Crippen molar-refractivity contribution >= 4 is 10.9 Å². The van der Waals surface area contributed by atoms with E-state index in [2.05, 4.69) is 14.8 Å². The van der Waals surface area contributed by atoms with Crippen LogP contribution in [0.15, 0.2) is 35.1 Å². The number of fused-ring (bicyclic) bond motifs is 1. The summed E-state index contributed by atoms with van der Waals surface area (Å²) >= 11 is 0. The number of piperazine rings is 1. The van der Waals surface area contributed by atoms with Crippen LogP contribution in [0.2, 0.25) is 0 Å². The van der Waals surface area contributed by atoms with Gasteiger partial charge in [-0.2, -0.15) is 0 Å². The summed E-state index contributed by atoms with van der Waals surface area (Å²) in [7, 11) is 0. The molecule has 2 fully saturated rings. The third kappa shape index (κ3) is 3.70. The van der Waals surface area contributed by atoms with E-state index in [0.717, 1.165) is 49.2 Å². The van der Waals surface area contributed by atoms with Gasteiger partial charge in [-0.05, 0) is 31.4 Å². The minimum Gasteiger partial charge on any atom is -0.396 e. The van der Waals surface area contributed by atoms with Crippen LogP contribution in [-0.4, -0.2) is 58.2 Å². The molecule has 26 heavy (non-hydrogen) atoms. The van der Waals surface area contributed by atoms with Crippen LogP contribution in [0.5, 0.6) is 0 Å².